The van der Waals surface area contributed by atoms with Gasteiger partial charge in [0.25, 0.3) is 0 Å². The highest BCUT2D eigenvalue weighted by atomic mass is 16.5. The summed E-state index contributed by atoms with van der Waals surface area (Å²) in [5.41, 5.74) is 3.79. The van der Waals surface area contributed by atoms with Gasteiger partial charge in [0.05, 0.1) is 23.9 Å². The van der Waals surface area contributed by atoms with Crippen LogP contribution in [0.3, 0.4) is 0 Å². The molecule has 2 rings (SSSR count). The zero-order valence-corrected chi connectivity index (χ0v) is 14.2. The molecule has 3 nitrogen and oxygen atoms in total. The smallest absolute Gasteiger partial charge is 0.0696 e. The molecule has 0 radical (unpaired) electrons. The fourth-order valence-corrected chi connectivity index (χ4v) is 3.07. The molecule has 120 valence electrons. The van der Waals surface area contributed by atoms with Gasteiger partial charge in [-0.05, 0) is 36.8 Å². The topological polar surface area (TPSA) is 26.5 Å². The van der Waals surface area contributed by atoms with Gasteiger partial charge in [-0.3, -0.25) is 0 Å². The van der Waals surface area contributed by atoms with E-state index < -0.39 is 0 Å². The first kappa shape index (κ1) is 16.8. The van der Waals surface area contributed by atoms with Crippen LogP contribution in [-0.2, 0) is 11.2 Å². The second-order valence-electron chi connectivity index (χ2n) is 6.30. The zero-order chi connectivity index (χ0) is 16.1. The maximum Gasteiger partial charge on any atom is 0.0696 e. The van der Waals surface area contributed by atoms with Crippen molar-refractivity contribution in [1.82, 2.24) is 9.61 Å². The predicted octanol–water partition coefficient (Wildman–Crippen LogP) is 4.62. The monoisotopic (exact) mass is 300 g/mol. The number of pyridine rings is 1. The third-order valence-electron chi connectivity index (χ3n) is 4.21. The normalized spacial score (nSPS) is 14.4. The van der Waals surface area contributed by atoms with Crippen LogP contribution >= 0.6 is 0 Å². The molecule has 22 heavy (non-hydrogen) atoms. The minimum absolute atomic E-state index is 0.261. The van der Waals surface area contributed by atoms with Crippen LogP contribution in [0.1, 0.15) is 51.3 Å². The zero-order valence-electron chi connectivity index (χ0n) is 14.2. The summed E-state index contributed by atoms with van der Waals surface area (Å²) in [5, 5.41) is 4.77. The van der Waals surface area contributed by atoms with Crippen molar-refractivity contribution in [2.45, 2.75) is 52.6 Å². The molecule has 0 aromatic carbocycles. The quantitative estimate of drug-likeness (QED) is 0.665. The maximum absolute atomic E-state index is 5.92. The molecule has 0 aliphatic heterocycles. The molecule has 0 spiro atoms. The fourth-order valence-electron chi connectivity index (χ4n) is 3.07. The summed E-state index contributed by atoms with van der Waals surface area (Å²) >= 11 is 0. The highest BCUT2D eigenvalue weighted by Crippen LogP contribution is 2.27. The molecule has 2 aromatic rings. The molecule has 3 heteroatoms. The number of hydrogen-bond donors (Lipinski definition) is 0. The van der Waals surface area contributed by atoms with Crippen LogP contribution in [0.5, 0.6) is 0 Å². The van der Waals surface area contributed by atoms with Crippen LogP contribution < -0.4 is 0 Å². The van der Waals surface area contributed by atoms with Gasteiger partial charge in [0, 0.05) is 11.8 Å². The fraction of sp³-hybridized carbons (Fsp3) is 0.526. The van der Waals surface area contributed by atoms with Crippen molar-refractivity contribution >= 4 is 5.52 Å². The van der Waals surface area contributed by atoms with Crippen molar-refractivity contribution in [3.63, 3.8) is 0 Å². The Balaban J connectivity index is 2.29. The second-order valence-corrected chi connectivity index (χ2v) is 6.30. The average Bonchev–Trinajstić information content (AvgIpc) is 2.87. The first-order valence-electron chi connectivity index (χ1n) is 8.27. The molecule has 0 N–H and O–H groups in total. The first-order chi connectivity index (χ1) is 10.6. The number of aromatic nitrogens is 2. The minimum Gasteiger partial charge on any atom is -0.374 e. The number of rotatable bonds is 8. The van der Waals surface area contributed by atoms with Gasteiger partial charge in [0.2, 0.25) is 0 Å². The number of ether oxygens (including phenoxy) is 1. The van der Waals surface area contributed by atoms with Gasteiger partial charge in [0.1, 0.15) is 0 Å². The third-order valence-corrected chi connectivity index (χ3v) is 4.21. The van der Waals surface area contributed by atoms with Gasteiger partial charge in [0.15, 0.2) is 0 Å². The lowest BCUT2D eigenvalue weighted by atomic mass is 9.91. The molecule has 2 atom stereocenters. The van der Waals surface area contributed by atoms with E-state index in [1.165, 1.54) is 16.8 Å². The molecule has 0 aliphatic carbocycles. The summed E-state index contributed by atoms with van der Waals surface area (Å²) in [6, 6.07) is 6.27. The summed E-state index contributed by atoms with van der Waals surface area (Å²) in [6.07, 6.45) is 6.13. The molecule has 0 fully saturated rings. The molecular weight excluding hydrogens is 272 g/mol. The Morgan fingerprint density at radius 3 is 2.73 bits per heavy atom. The second kappa shape index (κ2) is 7.59. The Kier molecular flexibility index (Phi) is 5.78. The first-order valence-corrected chi connectivity index (χ1v) is 8.27. The standard InChI is InChI=1S/C19H28N2O/c1-6-12-22-18(7-2)15(5)13-16-17-10-8-9-11-21(17)20-19(16)14(3)4/h6,8-11,14-15,18H,1,7,12-13H2,2-5H3. The minimum atomic E-state index is 0.261. The molecule has 0 bridgehead atoms. The molecule has 0 saturated carbocycles. The summed E-state index contributed by atoms with van der Waals surface area (Å²) in [7, 11) is 0. The molecule has 2 aromatic heterocycles. The number of nitrogens with zero attached hydrogens (tertiary/aromatic N) is 2. The Labute approximate surface area is 134 Å². The Hall–Kier alpha value is -1.61. The number of hydrogen-bond acceptors (Lipinski definition) is 2. The Bertz CT molecular complexity index is 615. The Morgan fingerprint density at radius 2 is 2.09 bits per heavy atom. The van der Waals surface area contributed by atoms with Gasteiger partial charge in [-0.15, -0.1) is 6.58 Å². The van der Waals surface area contributed by atoms with E-state index in [4.69, 9.17) is 9.84 Å². The Morgan fingerprint density at radius 1 is 1.32 bits per heavy atom. The molecule has 2 unspecified atom stereocenters. The summed E-state index contributed by atoms with van der Waals surface area (Å²) in [4.78, 5) is 0. The van der Waals surface area contributed by atoms with Crippen LogP contribution in [0.2, 0.25) is 0 Å². The van der Waals surface area contributed by atoms with Crippen LogP contribution in [0.4, 0.5) is 0 Å². The van der Waals surface area contributed by atoms with Gasteiger partial charge in [-0.2, -0.15) is 5.10 Å². The van der Waals surface area contributed by atoms with E-state index in [2.05, 4.69) is 46.4 Å². The van der Waals surface area contributed by atoms with Crippen molar-refractivity contribution < 1.29 is 4.74 Å². The van der Waals surface area contributed by atoms with E-state index in [9.17, 15) is 0 Å². The summed E-state index contributed by atoms with van der Waals surface area (Å²) in [6.45, 7) is 13.2. The maximum atomic E-state index is 5.92. The molecule has 0 aliphatic rings. The third kappa shape index (κ3) is 3.58. The lowest BCUT2D eigenvalue weighted by molar-refractivity contribution is 0.0323. The lowest BCUT2D eigenvalue weighted by Crippen LogP contribution is -2.23. The van der Waals surface area contributed by atoms with E-state index in [-0.39, 0.29) is 6.10 Å². The SMILES string of the molecule is C=CCOC(CC)C(C)Cc1c(C(C)C)nn2ccccc12. The van der Waals surface area contributed by atoms with Crippen molar-refractivity contribution in [3.8, 4) is 0 Å². The van der Waals surface area contributed by atoms with E-state index >= 15 is 0 Å². The molecular formula is C19H28N2O. The van der Waals surface area contributed by atoms with Crippen molar-refractivity contribution in [3.05, 3.63) is 48.3 Å². The summed E-state index contributed by atoms with van der Waals surface area (Å²) < 4.78 is 7.92. The average molecular weight is 300 g/mol. The van der Waals surface area contributed by atoms with Crippen LogP contribution in [0.15, 0.2) is 37.1 Å². The molecule has 0 saturated heterocycles. The number of fused-ring (bicyclic) bond motifs is 1. The van der Waals surface area contributed by atoms with E-state index in [0.29, 0.717) is 18.4 Å². The molecule has 0 amide bonds. The van der Waals surface area contributed by atoms with Crippen LogP contribution in [0.25, 0.3) is 5.52 Å². The lowest BCUT2D eigenvalue weighted by Gasteiger charge is -2.23. The van der Waals surface area contributed by atoms with Gasteiger partial charge in [-0.1, -0.05) is 39.8 Å². The van der Waals surface area contributed by atoms with Crippen LogP contribution in [0, 0.1) is 5.92 Å². The van der Waals surface area contributed by atoms with E-state index in [1.807, 2.05) is 22.9 Å². The van der Waals surface area contributed by atoms with Gasteiger partial charge in [-0.25, -0.2) is 4.52 Å². The van der Waals surface area contributed by atoms with Crippen molar-refractivity contribution in [1.29, 1.82) is 0 Å². The van der Waals surface area contributed by atoms with Crippen molar-refractivity contribution in [2.75, 3.05) is 6.61 Å². The molecule has 2 heterocycles. The van der Waals surface area contributed by atoms with Crippen LogP contribution in [-0.4, -0.2) is 22.3 Å². The summed E-state index contributed by atoms with van der Waals surface area (Å²) in [5.74, 6) is 0.881. The van der Waals surface area contributed by atoms with Gasteiger partial charge >= 0.3 is 0 Å². The van der Waals surface area contributed by atoms with E-state index in [1.54, 1.807) is 0 Å². The largest absolute Gasteiger partial charge is 0.374 e. The highest BCUT2D eigenvalue weighted by molar-refractivity contribution is 5.57. The van der Waals surface area contributed by atoms with Crippen molar-refractivity contribution in [2.24, 2.45) is 5.92 Å². The predicted molar refractivity (Wildman–Crippen MR) is 92.4 cm³/mol. The van der Waals surface area contributed by atoms with Gasteiger partial charge < -0.3 is 4.74 Å². The highest BCUT2D eigenvalue weighted by Gasteiger charge is 2.22. The van der Waals surface area contributed by atoms with E-state index in [0.717, 1.165) is 12.8 Å².